The molecule has 3 nitrogen and oxygen atoms in total. The van der Waals surface area contributed by atoms with E-state index in [1.54, 1.807) is 0 Å². The number of aromatic nitrogens is 2. The van der Waals surface area contributed by atoms with E-state index in [-0.39, 0.29) is 0 Å². The van der Waals surface area contributed by atoms with Crippen LogP contribution in [0.15, 0.2) is 126 Å². The fourth-order valence-corrected chi connectivity index (χ4v) is 6.54. The maximum Gasteiger partial charge on any atom is 0.0682 e. The number of nitrogens with zero attached hydrogens (tertiary/aromatic N) is 3. The second kappa shape index (κ2) is 7.68. The Balaban J connectivity index is 1.40. The Morgan fingerprint density at radius 1 is 0.462 bits per heavy atom. The van der Waals surface area contributed by atoms with Gasteiger partial charge in [-0.3, -0.25) is 4.99 Å². The van der Waals surface area contributed by atoms with Crippen LogP contribution < -0.4 is 0 Å². The number of aliphatic imine (C=N–C) groups is 1. The smallest absolute Gasteiger partial charge is 0.0682 e. The van der Waals surface area contributed by atoms with E-state index in [0.29, 0.717) is 0 Å². The molecule has 0 aliphatic carbocycles. The van der Waals surface area contributed by atoms with Crippen molar-refractivity contribution in [3.63, 3.8) is 0 Å². The van der Waals surface area contributed by atoms with Crippen LogP contribution in [0.2, 0.25) is 0 Å². The third kappa shape index (κ3) is 2.90. The van der Waals surface area contributed by atoms with Crippen LogP contribution in [0.3, 0.4) is 0 Å². The molecule has 0 spiro atoms. The molecule has 1 aliphatic heterocycles. The molecule has 182 valence electrons. The second-order valence-corrected chi connectivity index (χ2v) is 10.5. The van der Waals surface area contributed by atoms with Crippen molar-refractivity contribution in [3.05, 3.63) is 127 Å². The molecule has 0 unspecified atom stereocenters. The molecule has 3 heterocycles. The van der Waals surface area contributed by atoms with Crippen molar-refractivity contribution in [2.24, 2.45) is 4.99 Å². The number of benzene rings is 6. The predicted octanol–water partition coefficient (Wildman–Crippen LogP) is 9.29. The van der Waals surface area contributed by atoms with Crippen molar-refractivity contribution in [1.29, 1.82) is 0 Å². The fraction of sp³-hybridized carbons (Fsp3) is 0.0278. The lowest BCUT2D eigenvalue weighted by Crippen LogP contribution is -1.94. The number of hydrogen-bond acceptors (Lipinski definition) is 1. The van der Waals surface area contributed by atoms with Crippen LogP contribution in [0.25, 0.3) is 65.8 Å². The molecule has 3 heteroatoms. The van der Waals surface area contributed by atoms with E-state index in [0.717, 1.165) is 17.8 Å². The summed E-state index contributed by atoms with van der Waals surface area (Å²) in [6.07, 6.45) is 2.92. The zero-order valence-corrected chi connectivity index (χ0v) is 21.2. The number of para-hydroxylation sites is 3. The van der Waals surface area contributed by atoms with E-state index in [1.165, 1.54) is 65.6 Å². The van der Waals surface area contributed by atoms with E-state index < -0.39 is 0 Å². The minimum atomic E-state index is 0.917. The van der Waals surface area contributed by atoms with Gasteiger partial charge in [0.15, 0.2) is 0 Å². The van der Waals surface area contributed by atoms with Gasteiger partial charge in [0.25, 0.3) is 0 Å². The highest BCUT2D eigenvalue weighted by Crippen LogP contribution is 2.39. The Labute approximate surface area is 224 Å². The number of hydrogen-bond donors (Lipinski definition) is 0. The molecular weight excluding hydrogens is 474 g/mol. The number of fused-ring (bicyclic) bond motifs is 8. The van der Waals surface area contributed by atoms with E-state index in [9.17, 15) is 0 Å². The van der Waals surface area contributed by atoms with Gasteiger partial charge in [-0.15, -0.1) is 0 Å². The summed E-state index contributed by atoms with van der Waals surface area (Å²) in [7, 11) is 0. The van der Waals surface area contributed by atoms with Crippen molar-refractivity contribution in [3.8, 4) is 11.4 Å². The van der Waals surface area contributed by atoms with E-state index in [2.05, 4.69) is 135 Å². The highest BCUT2D eigenvalue weighted by atomic mass is 15.0. The lowest BCUT2D eigenvalue weighted by molar-refractivity contribution is 1.17. The van der Waals surface area contributed by atoms with Crippen LogP contribution >= 0.6 is 0 Å². The molecule has 0 saturated heterocycles. The van der Waals surface area contributed by atoms with Crippen molar-refractivity contribution >= 4 is 66.3 Å². The minimum Gasteiger partial charge on any atom is -0.309 e. The molecule has 6 aromatic carbocycles. The maximum absolute atomic E-state index is 4.63. The van der Waals surface area contributed by atoms with Crippen LogP contribution in [0.1, 0.15) is 5.56 Å². The highest BCUT2D eigenvalue weighted by molar-refractivity contribution is 6.18. The topological polar surface area (TPSA) is 22.2 Å². The Morgan fingerprint density at radius 3 is 1.72 bits per heavy atom. The van der Waals surface area contributed by atoms with Gasteiger partial charge in [-0.25, -0.2) is 0 Å². The van der Waals surface area contributed by atoms with Gasteiger partial charge in [0.1, 0.15) is 0 Å². The van der Waals surface area contributed by atoms with Gasteiger partial charge in [-0.2, -0.15) is 0 Å². The quantitative estimate of drug-likeness (QED) is 0.227. The monoisotopic (exact) mass is 497 g/mol. The summed E-state index contributed by atoms with van der Waals surface area (Å²) in [5.74, 6) is 0. The Kier molecular flexibility index (Phi) is 4.11. The van der Waals surface area contributed by atoms with Gasteiger partial charge in [-0.05, 0) is 77.0 Å². The third-order valence-electron chi connectivity index (χ3n) is 8.30. The molecule has 1 aliphatic rings. The van der Waals surface area contributed by atoms with Gasteiger partial charge in [-0.1, -0.05) is 60.7 Å². The lowest BCUT2D eigenvalue weighted by Gasteiger charge is -2.11. The Morgan fingerprint density at radius 2 is 1.05 bits per heavy atom. The average molecular weight is 498 g/mol. The standard InChI is InChI=1S/C36H23N3/c1-2-8-26(9-3-1)38-33-12-6-4-10-28(33)30-18-25-21-36-31(19-24(25)20-35(30)38)29-11-5-7-13-34(29)39(36)27-15-14-23-16-17-37-32(23)22-27/h1-15,17-22H,16H2. The molecule has 0 radical (unpaired) electrons. The van der Waals surface area contributed by atoms with Crippen molar-refractivity contribution in [1.82, 2.24) is 9.13 Å². The number of rotatable bonds is 2. The largest absolute Gasteiger partial charge is 0.309 e. The molecular formula is C36H23N3. The summed E-state index contributed by atoms with van der Waals surface area (Å²) in [6, 6.07) is 44.3. The molecule has 0 saturated carbocycles. The molecule has 0 fully saturated rings. The first-order valence-electron chi connectivity index (χ1n) is 13.4. The lowest BCUT2D eigenvalue weighted by atomic mass is 10.0. The highest BCUT2D eigenvalue weighted by Gasteiger charge is 2.17. The molecule has 0 atom stereocenters. The van der Waals surface area contributed by atoms with Crippen LogP contribution in [-0.2, 0) is 6.42 Å². The summed E-state index contributed by atoms with van der Waals surface area (Å²) in [5, 5.41) is 7.57. The second-order valence-electron chi connectivity index (χ2n) is 10.5. The molecule has 0 amide bonds. The average Bonchev–Trinajstić information content (AvgIpc) is 3.67. The van der Waals surface area contributed by atoms with Crippen LogP contribution in [0.4, 0.5) is 5.69 Å². The summed E-state index contributed by atoms with van der Waals surface area (Å²) in [6.45, 7) is 0. The summed E-state index contributed by atoms with van der Waals surface area (Å²) >= 11 is 0. The zero-order valence-electron chi connectivity index (χ0n) is 21.2. The maximum atomic E-state index is 4.63. The van der Waals surface area contributed by atoms with Gasteiger partial charge in [0.05, 0.1) is 27.8 Å². The van der Waals surface area contributed by atoms with E-state index in [4.69, 9.17) is 0 Å². The van der Waals surface area contributed by atoms with Crippen LogP contribution in [-0.4, -0.2) is 15.3 Å². The molecule has 0 bridgehead atoms. The summed E-state index contributed by atoms with van der Waals surface area (Å²) < 4.78 is 4.79. The summed E-state index contributed by atoms with van der Waals surface area (Å²) in [4.78, 5) is 4.63. The Hall–Kier alpha value is -5.15. The normalized spacial score (nSPS) is 12.9. The first-order chi connectivity index (χ1) is 19.3. The zero-order chi connectivity index (χ0) is 25.5. The van der Waals surface area contributed by atoms with Crippen molar-refractivity contribution in [2.45, 2.75) is 6.42 Å². The fourth-order valence-electron chi connectivity index (χ4n) is 6.54. The molecule has 9 rings (SSSR count). The third-order valence-corrected chi connectivity index (χ3v) is 8.30. The van der Waals surface area contributed by atoms with Crippen molar-refractivity contribution in [2.75, 3.05) is 0 Å². The Bertz CT molecular complexity index is 2300. The molecule has 39 heavy (non-hydrogen) atoms. The van der Waals surface area contributed by atoms with Crippen LogP contribution in [0, 0.1) is 0 Å². The van der Waals surface area contributed by atoms with Gasteiger partial charge in [0.2, 0.25) is 0 Å². The van der Waals surface area contributed by atoms with Gasteiger partial charge in [0, 0.05) is 45.6 Å². The minimum absolute atomic E-state index is 0.917. The SMILES string of the molecule is C1=Nc2cc(-n3c4ccccc4c4cc5cc6c(cc5cc43)c3ccccc3n6-c3ccccc3)ccc2C1. The first kappa shape index (κ1) is 20.9. The van der Waals surface area contributed by atoms with Crippen LogP contribution in [0.5, 0.6) is 0 Å². The van der Waals surface area contributed by atoms with Gasteiger partial charge >= 0.3 is 0 Å². The van der Waals surface area contributed by atoms with Gasteiger partial charge < -0.3 is 9.13 Å². The van der Waals surface area contributed by atoms with Crippen molar-refractivity contribution < 1.29 is 0 Å². The first-order valence-corrected chi connectivity index (χ1v) is 13.4. The predicted molar refractivity (Wildman–Crippen MR) is 164 cm³/mol. The molecule has 0 N–H and O–H groups in total. The van der Waals surface area contributed by atoms with E-state index >= 15 is 0 Å². The molecule has 2 aromatic heterocycles. The van der Waals surface area contributed by atoms with E-state index in [1.807, 2.05) is 6.21 Å². The molecule has 8 aromatic rings. The summed E-state index contributed by atoms with van der Waals surface area (Å²) in [5.41, 5.74) is 9.60.